The summed E-state index contributed by atoms with van der Waals surface area (Å²) in [6, 6.07) is 27.9. The molecule has 0 N–H and O–H groups in total. The number of rotatable bonds is 3. The molecule has 0 aliphatic rings. The minimum absolute atomic E-state index is 1.11. The van der Waals surface area contributed by atoms with Gasteiger partial charge in [-0.05, 0) is 47.5 Å². The van der Waals surface area contributed by atoms with Crippen LogP contribution >= 0.6 is 38.6 Å². The second kappa shape index (κ2) is 6.44. The quantitative estimate of drug-likeness (QED) is 0.334. The Morgan fingerprint density at radius 1 is 0.478 bits per heavy atom. The minimum Gasteiger partial charge on any atom is -0.134 e. The number of thiophene rings is 2. The van der Waals surface area contributed by atoms with Crippen molar-refractivity contribution < 1.29 is 0 Å². The molecule has 2 aromatic carbocycles. The molecule has 0 saturated heterocycles. The third-order valence-corrected chi connectivity index (χ3v) is 6.63. The molecular formula is C20H13BrS2. The van der Waals surface area contributed by atoms with Gasteiger partial charge in [-0.25, -0.2) is 0 Å². The van der Waals surface area contributed by atoms with Crippen molar-refractivity contribution in [3.63, 3.8) is 0 Å². The molecule has 4 aromatic rings. The SMILES string of the molecule is Brc1ccc(-c2ccc(-c3ccc(-c4ccccc4)s3)s2)cc1. The van der Waals surface area contributed by atoms with Crippen molar-refractivity contribution in [2.75, 3.05) is 0 Å². The Kier molecular flexibility index (Phi) is 4.17. The van der Waals surface area contributed by atoms with Crippen molar-refractivity contribution in [1.29, 1.82) is 0 Å². The second-order valence-corrected chi connectivity index (χ2v) is 8.28. The van der Waals surface area contributed by atoms with E-state index in [1.807, 2.05) is 22.7 Å². The predicted octanol–water partition coefficient (Wildman–Crippen LogP) is 7.57. The van der Waals surface area contributed by atoms with Crippen LogP contribution in [0.1, 0.15) is 0 Å². The van der Waals surface area contributed by atoms with Crippen LogP contribution in [0.3, 0.4) is 0 Å². The van der Waals surface area contributed by atoms with Crippen molar-refractivity contribution in [3.8, 4) is 30.6 Å². The van der Waals surface area contributed by atoms with Crippen molar-refractivity contribution >= 4 is 38.6 Å². The van der Waals surface area contributed by atoms with Crippen molar-refractivity contribution in [1.82, 2.24) is 0 Å². The van der Waals surface area contributed by atoms with Crippen LogP contribution in [0.2, 0.25) is 0 Å². The van der Waals surface area contributed by atoms with Gasteiger partial charge in [0, 0.05) is 24.0 Å². The van der Waals surface area contributed by atoms with Gasteiger partial charge in [0.1, 0.15) is 0 Å². The van der Waals surface area contributed by atoms with Crippen molar-refractivity contribution in [2.24, 2.45) is 0 Å². The molecule has 3 heteroatoms. The molecule has 4 rings (SSSR count). The molecule has 2 aromatic heterocycles. The van der Waals surface area contributed by atoms with Crippen LogP contribution in [0.4, 0.5) is 0 Å². The Labute approximate surface area is 152 Å². The topological polar surface area (TPSA) is 0 Å². The lowest BCUT2D eigenvalue weighted by molar-refractivity contribution is 1.65. The summed E-state index contributed by atoms with van der Waals surface area (Å²) < 4.78 is 1.11. The highest BCUT2D eigenvalue weighted by Gasteiger charge is 2.08. The fourth-order valence-electron chi connectivity index (χ4n) is 2.47. The van der Waals surface area contributed by atoms with Gasteiger partial charge in [-0.15, -0.1) is 22.7 Å². The lowest BCUT2D eigenvalue weighted by Gasteiger charge is -1.97. The van der Waals surface area contributed by atoms with E-state index in [9.17, 15) is 0 Å². The normalized spacial score (nSPS) is 10.8. The molecule has 0 unspecified atom stereocenters. The first-order valence-electron chi connectivity index (χ1n) is 7.31. The maximum absolute atomic E-state index is 3.49. The molecule has 0 radical (unpaired) electrons. The molecular weight excluding hydrogens is 384 g/mol. The highest BCUT2D eigenvalue weighted by Crippen LogP contribution is 2.40. The first-order chi connectivity index (χ1) is 11.3. The molecule has 0 aliphatic heterocycles. The van der Waals surface area contributed by atoms with Gasteiger partial charge in [0.15, 0.2) is 0 Å². The Morgan fingerprint density at radius 3 is 1.52 bits per heavy atom. The largest absolute Gasteiger partial charge is 0.134 e. The van der Waals surface area contributed by atoms with Crippen LogP contribution < -0.4 is 0 Å². The van der Waals surface area contributed by atoms with E-state index in [-0.39, 0.29) is 0 Å². The average Bonchev–Trinajstić information content (AvgIpc) is 3.26. The number of halogens is 1. The number of hydrogen-bond acceptors (Lipinski definition) is 2. The van der Waals surface area contributed by atoms with E-state index in [1.54, 1.807) is 0 Å². The van der Waals surface area contributed by atoms with Crippen LogP contribution in [-0.4, -0.2) is 0 Å². The van der Waals surface area contributed by atoms with Gasteiger partial charge in [-0.2, -0.15) is 0 Å². The van der Waals surface area contributed by atoms with Gasteiger partial charge >= 0.3 is 0 Å². The molecule has 0 aliphatic carbocycles. The summed E-state index contributed by atoms with van der Waals surface area (Å²) in [6.45, 7) is 0. The van der Waals surface area contributed by atoms with Crippen LogP contribution in [-0.2, 0) is 0 Å². The highest BCUT2D eigenvalue weighted by molar-refractivity contribution is 9.10. The first-order valence-corrected chi connectivity index (χ1v) is 9.73. The molecule has 0 atom stereocenters. The maximum Gasteiger partial charge on any atom is 0.0449 e. The van der Waals surface area contributed by atoms with Gasteiger partial charge in [0.2, 0.25) is 0 Å². The average molecular weight is 397 g/mol. The van der Waals surface area contributed by atoms with Crippen molar-refractivity contribution in [2.45, 2.75) is 0 Å². The Balaban J connectivity index is 1.65. The molecule has 0 saturated carbocycles. The van der Waals surface area contributed by atoms with Gasteiger partial charge < -0.3 is 0 Å². The zero-order valence-corrected chi connectivity index (χ0v) is 15.4. The lowest BCUT2D eigenvalue weighted by atomic mass is 10.2. The van der Waals surface area contributed by atoms with E-state index >= 15 is 0 Å². The van der Waals surface area contributed by atoms with Crippen molar-refractivity contribution in [3.05, 3.63) is 83.3 Å². The van der Waals surface area contributed by atoms with E-state index in [0.717, 1.165) is 4.47 Å². The lowest BCUT2D eigenvalue weighted by Crippen LogP contribution is -1.70. The maximum atomic E-state index is 3.49. The predicted molar refractivity (Wildman–Crippen MR) is 106 cm³/mol. The van der Waals surface area contributed by atoms with Gasteiger partial charge in [0.05, 0.1) is 0 Å². The first kappa shape index (κ1) is 14.9. The summed E-state index contributed by atoms with van der Waals surface area (Å²) in [5.74, 6) is 0. The molecule has 0 amide bonds. The van der Waals surface area contributed by atoms with E-state index in [0.29, 0.717) is 0 Å². The van der Waals surface area contributed by atoms with Crippen LogP contribution in [0.25, 0.3) is 30.6 Å². The van der Waals surface area contributed by atoms with E-state index in [4.69, 9.17) is 0 Å². The van der Waals surface area contributed by atoms with Gasteiger partial charge in [-0.1, -0.05) is 58.4 Å². The van der Waals surface area contributed by atoms with Crippen LogP contribution in [0.15, 0.2) is 83.3 Å². The summed E-state index contributed by atoms with van der Waals surface area (Å²) in [5.41, 5.74) is 2.55. The smallest absolute Gasteiger partial charge is 0.0449 e. The van der Waals surface area contributed by atoms with E-state index in [2.05, 4.69) is 94.8 Å². The molecule has 0 nitrogen and oxygen atoms in total. The highest BCUT2D eigenvalue weighted by atomic mass is 79.9. The summed E-state index contributed by atoms with van der Waals surface area (Å²) in [6.07, 6.45) is 0. The molecule has 112 valence electrons. The molecule has 0 bridgehead atoms. The number of benzene rings is 2. The third-order valence-electron chi connectivity index (χ3n) is 3.64. The Bertz CT molecular complexity index is 918. The summed E-state index contributed by atoms with van der Waals surface area (Å²) in [7, 11) is 0. The number of hydrogen-bond donors (Lipinski definition) is 0. The zero-order valence-electron chi connectivity index (χ0n) is 12.2. The van der Waals surface area contributed by atoms with E-state index in [1.165, 1.54) is 30.6 Å². The standard InChI is InChI=1S/C20H13BrS2/c21-16-8-6-15(7-9-16)18-11-13-20(23-18)19-12-10-17(22-19)14-4-2-1-3-5-14/h1-13H. The Morgan fingerprint density at radius 2 is 0.957 bits per heavy atom. The van der Waals surface area contributed by atoms with Gasteiger partial charge in [-0.3, -0.25) is 0 Å². The van der Waals surface area contributed by atoms with Crippen LogP contribution in [0, 0.1) is 0 Å². The summed E-state index contributed by atoms with van der Waals surface area (Å²) >= 11 is 7.19. The second-order valence-electron chi connectivity index (χ2n) is 5.20. The minimum atomic E-state index is 1.11. The summed E-state index contributed by atoms with van der Waals surface area (Å²) in [4.78, 5) is 5.29. The van der Waals surface area contributed by atoms with Crippen LogP contribution in [0.5, 0.6) is 0 Å². The monoisotopic (exact) mass is 396 g/mol. The van der Waals surface area contributed by atoms with Gasteiger partial charge in [0.25, 0.3) is 0 Å². The fourth-order valence-corrected chi connectivity index (χ4v) is 4.85. The molecule has 0 spiro atoms. The molecule has 2 heterocycles. The third kappa shape index (κ3) is 3.18. The fraction of sp³-hybridized carbons (Fsp3) is 0. The summed E-state index contributed by atoms with van der Waals surface area (Å²) in [5, 5.41) is 0. The zero-order chi connectivity index (χ0) is 15.6. The van der Waals surface area contributed by atoms with E-state index < -0.39 is 0 Å². The Hall–Kier alpha value is -1.68. The molecule has 0 fully saturated rings. The molecule has 23 heavy (non-hydrogen) atoms.